The lowest BCUT2D eigenvalue weighted by atomic mass is 9.96. The van der Waals surface area contributed by atoms with Crippen LogP contribution in [0.25, 0.3) is 33.2 Å². The maximum Gasteiger partial charge on any atom is 0.356 e. The van der Waals surface area contributed by atoms with Gasteiger partial charge in [-0.15, -0.1) is 11.3 Å². The normalized spacial score (nSPS) is 11.8. The van der Waals surface area contributed by atoms with Crippen molar-refractivity contribution < 1.29 is 14.3 Å². The van der Waals surface area contributed by atoms with E-state index >= 15 is 0 Å². The molecule has 2 aromatic heterocycles. The Balaban J connectivity index is 1.45. The van der Waals surface area contributed by atoms with E-state index in [1.54, 1.807) is 48.7 Å². The number of aryl methyl sites for hydroxylation is 1. The van der Waals surface area contributed by atoms with E-state index in [1.807, 2.05) is 37.3 Å². The van der Waals surface area contributed by atoms with Crippen molar-refractivity contribution in [3.63, 3.8) is 0 Å². The van der Waals surface area contributed by atoms with Gasteiger partial charge in [0.2, 0.25) is 0 Å². The van der Waals surface area contributed by atoms with E-state index in [1.165, 1.54) is 23.0 Å². The average Bonchev–Trinajstić information content (AvgIpc) is 3.41. The highest BCUT2D eigenvalue weighted by Crippen LogP contribution is 2.33. The topological polar surface area (TPSA) is 90.3 Å². The number of fused-ring (bicyclic) bond motifs is 1. The number of esters is 1. The van der Waals surface area contributed by atoms with Crippen LogP contribution in [0, 0.1) is 6.92 Å². The number of carbonyl (C=O) groups excluding carboxylic acids is 2. The van der Waals surface area contributed by atoms with Crippen LogP contribution in [-0.4, -0.2) is 27.5 Å². The van der Waals surface area contributed by atoms with Crippen molar-refractivity contribution in [2.24, 2.45) is 7.05 Å². The van der Waals surface area contributed by atoms with Crippen LogP contribution in [0.3, 0.4) is 0 Å². The van der Waals surface area contributed by atoms with Gasteiger partial charge in [0.1, 0.15) is 5.69 Å². The van der Waals surface area contributed by atoms with Crippen LogP contribution in [0.5, 0.6) is 0 Å². The number of rotatable bonds is 7. The van der Waals surface area contributed by atoms with Crippen molar-refractivity contribution in [1.29, 1.82) is 0 Å². The maximum absolute atomic E-state index is 13.7. The summed E-state index contributed by atoms with van der Waals surface area (Å²) in [7, 11) is 1.53. The smallest absolute Gasteiger partial charge is 0.356 e. The third-order valence-corrected chi connectivity index (χ3v) is 8.00. The van der Waals surface area contributed by atoms with Crippen molar-refractivity contribution in [3.05, 3.63) is 104 Å². The molecule has 1 atom stereocenters. The lowest BCUT2D eigenvalue weighted by molar-refractivity contribution is -0.124. The molecule has 0 spiro atoms. The van der Waals surface area contributed by atoms with Gasteiger partial charge in [0, 0.05) is 34.0 Å². The second kappa shape index (κ2) is 11.9. The van der Waals surface area contributed by atoms with Gasteiger partial charge in [-0.3, -0.25) is 14.9 Å². The third-order valence-electron chi connectivity index (χ3n) is 6.69. The molecule has 1 amide bonds. The Bertz CT molecular complexity index is 1850. The molecule has 208 valence electrons. The SMILES string of the molecule is CCC(OC(=O)c1c(-c2ccc(C)cc2)c2ccccc2c(=O)n1C)C(=O)Nc1nc(-c2ccc(Cl)cc2Cl)cs1. The number of amides is 1. The number of thiazole rings is 1. The summed E-state index contributed by atoms with van der Waals surface area (Å²) in [6.45, 7) is 3.70. The van der Waals surface area contributed by atoms with Crippen molar-refractivity contribution in [3.8, 4) is 22.4 Å². The van der Waals surface area contributed by atoms with E-state index in [9.17, 15) is 14.4 Å². The highest BCUT2D eigenvalue weighted by Gasteiger charge is 2.28. The third kappa shape index (κ3) is 5.77. The Labute approximate surface area is 250 Å². The van der Waals surface area contributed by atoms with Gasteiger partial charge in [-0.05, 0) is 48.6 Å². The quantitative estimate of drug-likeness (QED) is 0.194. The molecular weight excluding hydrogens is 581 g/mol. The second-order valence-electron chi connectivity index (χ2n) is 9.45. The van der Waals surface area contributed by atoms with E-state index in [0.717, 1.165) is 11.1 Å². The molecule has 0 aliphatic rings. The van der Waals surface area contributed by atoms with Gasteiger partial charge in [-0.25, -0.2) is 9.78 Å². The molecule has 1 unspecified atom stereocenters. The number of nitrogens with one attached hydrogen (secondary N) is 1. The molecule has 1 N–H and O–H groups in total. The molecule has 0 saturated heterocycles. The number of halogens is 2. The maximum atomic E-state index is 13.7. The molecule has 0 fully saturated rings. The Morgan fingerprint density at radius 3 is 2.44 bits per heavy atom. The summed E-state index contributed by atoms with van der Waals surface area (Å²) >= 11 is 13.5. The van der Waals surface area contributed by atoms with Gasteiger partial charge in [-0.1, -0.05) is 78.2 Å². The average molecular weight is 607 g/mol. The predicted molar refractivity (Wildman–Crippen MR) is 165 cm³/mol. The number of hydrogen-bond acceptors (Lipinski definition) is 6. The number of pyridine rings is 1. The molecule has 10 heteroatoms. The van der Waals surface area contributed by atoms with Gasteiger partial charge in [0.05, 0.1) is 10.7 Å². The fourth-order valence-electron chi connectivity index (χ4n) is 4.56. The molecule has 5 aromatic rings. The van der Waals surface area contributed by atoms with E-state index in [2.05, 4.69) is 10.3 Å². The van der Waals surface area contributed by atoms with Crippen molar-refractivity contribution in [1.82, 2.24) is 9.55 Å². The molecule has 0 aliphatic carbocycles. The first-order valence-corrected chi connectivity index (χ1v) is 14.4. The molecule has 7 nitrogen and oxygen atoms in total. The zero-order valence-corrected chi connectivity index (χ0v) is 24.7. The van der Waals surface area contributed by atoms with Gasteiger partial charge < -0.3 is 9.30 Å². The molecule has 5 rings (SSSR count). The molecule has 2 heterocycles. The van der Waals surface area contributed by atoms with Crippen LogP contribution in [0.1, 0.15) is 29.4 Å². The molecule has 0 bridgehead atoms. The molecule has 0 saturated carbocycles. The first kappa shape index (κ1) is 28.5. The first-order valence-electron chi connectivity index (χ1n) is 12.8. The largest absolute Gasteiger partial charge is 0.448 e. The number of aromatic nitrogens is 2. The zero-order valence-electron chi connectivity index (χ0n) is 22.4. The van der Waals surface area contributed by atoms with Crippen LogP contribution in [0.2, 0.25) is 10.0 Å². The van der Waals surface area contributed by atoms with Crippen LogP contribution < -0.4 is 10.9 Å². The van der Waals surface area contributed by atoms with Gasteiger partial charge in [-0.2, -0.15) is 0 Å². The predicted octanol–water partition coefficient (Wildman–Crippen LogP) is 7.52. The Hall–Kier alpha value is -3.98. The van der Waals surface area contributed by atoms with E-state index < -0.39 is 18.0 Å². The summed E-state index contributed by atoms with van der Waals surface area (Å²) in [6.07, 6.45) is -0.915. The van der Waals surface area contributed by atoms with Crippen LogP contribution in [0.4, 0.5) is 5.13 Å². The minimum Gasteiger partial charge on any atom is -0.448 e. The van der Waals surface area contributed by atoms with E-state index in [0.29, 0.717) is 42.8 Å². The fourth-order valence-corrected chi connectivity index (χ4v) is 5.78. The Morgan fingerprint density at radius 1 is 1.05 bits per heavy atom. The summed E-state index contributed by atoms with van der Waals surface area (Å²) in [5.41, 5.74) is 3.35. The van der Waals surface area contributed by atoms with Gasteiger partial charge in [0.25, 0.3) is 11.5 Å². The number of nitrogens with zero attached hydrogens (tertiary/aromatic N) is 2. The first-order chi connectivity index (χ1) is 19.7. The second-order valence-corrected chi connectivity index (χ2v) is 11.2. The molecule has 0 aliphatic heterocycles. The van der Waals surface area contributed by atoms with E-state index in [-0.39, 0.29) is 17.7 Å². The lowest BCUT2D eigenvalue weighted by Gasteiger charge is -2.20. The van der Waals surface area contributed by atoms with E-state index in [4.69, 9.17) is 27.9 Å². The number of hydrogen-bond donors (Lipinski definition) is 1. The number of benzene rings is 3. The number of carbonyl (C=O) groups is 2. The number of anilines is 1. The van der Waals surface area contributed by atoms with Gasteiger partial charge in [0.15, 0.2) is 11.2 Å². The number of ether oxygens (including phenoxy) is 1. The summed E-state index contributed by atoms with van der Waals surface area (Å²) in [5.74, 6) is -1.31. The fraction of sp³-hybridized carbons (Fsp3) is 0.161. The minimum atomic E-state index is -1.12. The molecule has 41 heavy (non-hydrogen) atoms. The van der Waals surface area contributed by atoms with Crippen LogP contribution in [-0.2, 0) is 16.6 Å². The van der Waals surface area contributed by atoms with Crippen molar-refractivity contribution in [2.75, 3.05) is 5.32 Å². The standard InChI is InChI=1S/C31H25Cl2N3O4S/c1-4-25(28(37)35-31-34-24(16-41-31)22-14-13-19(32)15-23(22)33)40-30(39)27-26(18-11-9-17(2)10-12-18)20-7-5-6-8-21(20)29(38)36(27)3/h5-16,25H,4H2,1-3H3,(H,34,35,37). The Morgan fingerprint density at radius 2 is 1.76 bits per heavy atom. The molecular formula is C31H25Cl2N3O4S. The zero-order chi connectivity index (χ0) is 29.3. The monoisotopic (exact) mass is 605 g/mol. The Kier molecular flexibility index (Phi) is 8.26. The van der Waals surface area contributed by atoms with Crippen LogP contribution >= 0.6 is 34.5 Å². The summed E-state index contributed by atoms with van der Waals surface area (Å²) in [5, 5.41) is 6.86. The molecule has 3 aromatic carbocycles. The van der Waals surface area contributed by atoms with Crippen molar-refractivity contribution >= 4 is 62.3 Å². The minimum absolute atomic E-state index is 0.0673. The summed E-state index contributed by atoms with van der Waals surface area (Å²) in [4.78, 5) is 44.6. The highest BCUT2D eigenvalue weighted by molar-refractivity contribution is 7.14. The lowest BCUT2D eigenvalue weighted by Crippen LogP contribution is -2.34. The van der Waals surface area contributed by atoms with Crippen LogP contribution in [0.15, 0.2) is 76.9 Å². The summed E-state index contributed by atoms with van der Waals surface area (Å²) in [6, 6.07) is 19.9. The summed E-state index contributed by atoms with van der Waals surface area (Å²) < 4.78 is 7.03. The highest BCUT2D eigenvalue weighted by atomic mass is 35.5. The van der Waals surface area contributed by atoms with Gasteiger partial charge >= 0.3 is 5.97 Å². The molecule has 0 radical (unpaired) electrons. The van der Waals surface area contributed by atoms with Crippen molar-refractivity contribution in [2.45, 2.75) is 26.4 Å².